The number of aromatic hydroxyl groups is 1. The van der Waals surface area contributed by atoms with Gasteiger partial charge in [0.05, 0.1) is 23.2 Å². The van der Waals surface area contributed by atoms with Gasteiger partial charge in [-0.2, -0.15) is 0 Å². The van der Waals surface area contributed by atoms with Crippen LogP contribution in [0, 0.1) is 13.8 Å². The molecule has 0 fully saturated rings. The molecule has 0 aliphatic carbocycles. The van der Waals surface area contributed by atoms with E-state index in [9.17, 15) is 10.3 Å². The molecule has 1 aromatic carbocycles. The molecule has 0 bridgehead atoms. The van der Waals surface area contributed by atoms with Crippen molar-refractivity contribution in [2.24, 2.45) is 5.16 Å². The van der Waals surface area contributed by atoms with Crippen LogP contribution in [0.2, 0.25) is 5.15 Å². The summed E-state index contributed by atoms with van der Waals surface area (Å²) in [7, 11) is 0. The van der Waals surface area contributed by atoms with E-state index in [4.69, 9.17) is 16.1 Å². The van der Waals surface area contributed by atoms with Crippen LogP contribution in [-0.2, 0) is 0 Å². The number of hydrogen-bond donors (Lipinski definition) is 2. The van der Waals surface area contributed by atoms with E-state index in [1.165, 1.54) is 6.21 Å². The Morgan fingerprint density at radius 3 is 2.52 bits per heavy atom. The predicted molar refractivity (Wildman–Crippen MR) is 102 cm³/mol. The number of fused-ring (bicyclic) bond motifs is 1. The van der Waals surface area contributed by atoms with Gasteiger partial charge in [0.2, 0.25) is 0 Å². The van der Waals surface area contributed by atoms with Gasteiger partial charge in [-0.25, -0.2) is 4.98 Å². The molecule has 0 unspecified atom stereocenters. The van der Waals surface area contributed by atoms with Crippen LogP contribution in [0.15, 0.2) is 46.1 Å². The van der Waals surface area contributed by atoms with E-state index in [-0.39, 0.29) is 5.75 Å². The lowest BCUT2D eigenvalue weighted by atomic mass is 10.0. The highest BCUT2D eigenvalue weighted by atomic mass is 35.5. The molecule has 4 aromatic rings. The number of aryl methyl sites for hydroxylation is 2. The molecule has 2 N–H and O–H groups in total. The quantitative estimate of drug-likeness (QED) is 0.236. The first kappa shape index (κ1) is 17.1. The Bertz CT molecular complexity index is 1160. The van der Waals surface area contributed by atoms with Crippen molar-refractivity contribution in [2.45, 2.75) is 13.8 Å². The zero-order chi connectivity index (χ0) is 19.1. The van der Waals surface area contributed by atoms with E-state index in [1.807, 2.05) is 24.5 Å². The van der Waals surface area contributed by atoms with Crippen LogP contribution in [0.5, 0.6) is 5.75 Å². The Balaban J connectivity index is 2.21. The first-order chi connectivity index (χ1) is 13.0. The van der Waals surface area contributed by atoms with Crippen molar-refractivity contribution in [3.8, 4) is 22.7 Å². The molecule has 8 heteroatoms. The molecule has 0 radical (unpaired) electrons. The number of pyridine rings is 1. The van der Waals surface area contributed by atoms with E-state index >= 15 is 0 Å². The number of phenolic OH excluding ortho intramolecular Hbond substituents is 1. The number of nitrogens with zero attached hydrogens (tertiary/aromatic N) is 4. The van der Waals surface area contributed by atoms with E-state index in [2.05, 4.69) is 15.3 Å². The van der Waals surface area contributed by atoms with Crippen LogP contribution < -0.4 is 0 Å². The summed E-state index contributed by atoms with van der Waals surface area (Å²) in [6.07, 6.45) is 1.36. The molecule has 3 heterocycles. The SMILES string of the molecule is Cc1noc(C)c1-c1c(/C=N/O)c2ccc(Cl)nc2n1-c1ccc(O)cc1. The van der Waals surface area contributed by atoms with E-state index in [0.29, 0.717) is 33.5 Å². The summed E-state index contributed by atoms with van der Waals surface area (Å²) in [6.45, 7) is 3.65. The minimum atomic E-state index is 0.150. The molecule has 4 rings (SSSR count). The minimum absolute atomic E-state index is 0.150. The Labute approximate surface area is 159 Å². The maximum atomic E-state index is 9.67. The summed E-state index contributed by atoms with van der Waals surface area (Å²) in [6, 6.07) is 10.2. The summed E-state index contributed by atoms with van der Waals surface area (Å²) in [5.74, 6) is 0.770. The third-order valence-electron chi connectivity index (χ3n) is 4.39. The average Bonchev–Trinajstić information content (AvgIpc) is 3.13. The Morgan fingerprint density at radius 1 is 1.15 bits per heavy atom. The molecule has 0 amide bonds. The number of aromatic nitrogens is 3. The van der Waals surface area contributed by atoms with Gasteiger partial charge < -0.3 is 14.8 Å². The number of hydrogen-bond acceptors (Lipinski definition) is 6. The summed E-state index contributed by atoms with van der Waals surface area (Å²) >= 11 is 6.15. The van der Waals surface area contributed by atoms with Gasteiger partial charge in [-0.3, -0.25) is 4.57 Å². The third kappa shape index (κ3) is 2.72. The van der Waals surface area contributed by atoms with Gasteiger partial charge in [0, 0.05) is 16.6 Å². The molecule has 0 saturated heterocycles. The zero-order valence-corrected chi connectivity index (χ0v) is 15.3. The number of oxime groups is 1. The van der Waals surface area contributed by atoms with Gasteiger partial charge in [0.15, 0.2) is 0 Å². The zero-order valence-electron chi connectivity index (χ0n) is 14.5. The first-order valence-electron chi connectivity index (χ1n) is 8.12. The Morgan fingerprint density at radius 2 is 1.89 bits per heavy atom. The smallest absolute Gasteiger partial charge is 0.147 e. The molecule has 7 nitrogen and oxygen atoms in total. The molecule has 136 valence electrons. The van der Waals surface area contributed by atoms with Gasteiger partial charge in [-0.15, -0.1) is 0 Å². The number of benzene rings is 1. The van der Waals surface area contributed by atoms with Crippen LogP contribution in [0.4, 0.5) is 0 Å². The molecule has 0 aliphatic rings. The predicted octanol–water partition coefficient (Wildman–Crippen LogP) is 4.46. The largest absolute Gasteiger partial charge is 0.508 e. The fraction of sp³-hybridized carbons (Fsp3) is 0.105. The van der Waals surface area contributed by atoms with Gasteiger partial charge in [0.25, 0.3) is 0 Å². The monoisotopic (exact) mass is 382 g/mol. The van der Waals surface area contributed by atoms with Gasteiger partial charge in [0.1, 0.15) is 22.3 Å². The summed E-state index contributed by atoms with van der Waals surface area (Å²) in [4.78, 5) is 4.48. The van der Waals surface area contributed by atoms with Crippen LogP contribution in [0.25, 0.3) is 28.0 Å². The molecule has 0 spiro atoms. The maximum Gasteiger partial charge on any atom is 0.147 e. The lowest BCUT2D eigenvalue weighted by molar-refractivity contribution is 0.322. The van der Waals surface area contributed by atoms with Crippen LogP contribution >= 0.6 is 11.6 Å². The molecule has 27 heavy (non-hydrogen) atoms. The van der Waals surface area contributed by atoms with Gasteiger partial charge >= 0.3 is 0 Å². The molecular formula is C19H15ClN4O3. The second kappa shape index (κ2) is 6.44. The summed E-state index contributed by atoms with van der Waals surface area (Å²) in [5, 5.41) is 27.3. The van der Waals surface area contributed by atoms with Crippen LogP contribution in [-0.4, -0.2) is 31.2 Å². The van der Waals surface area contributed by atoms with Gasteiger partial charge in [-0.05, 0) is 50.2 Å². The normalized spacial score (nSPS) is 11.7. The summed E-state index contributed by atoms with van der Waals surface area (Å²) < 4.78 is 7.23. The lowest BCUT2D eigenvalue weighted by Crippen LogP contribution is -2.00. The number of phenols is 1. The van der Waals surface area contributed by atoms with Crippen molar-refractivity contribution < 1.29 is 14.8 Å². The Hall–Kier alpha value is -3.32. The van der Waals surface area contributed by atoms with Crippen LogP contribution in [0.3, 0.4) is 0 Å². The highest BCUT2D eigenvalue weighted by Crippen LogP contribution is 2.38. The van der Waals surface area contributed by atoms with Crippen LogP contribution in [0.1, 0.15) is 17.0 Å². The molecule has 0 saturated carbocycles. The second-order valence-electron chi connectivity index (χ2n) is 6.06. The minimum Gasteiger partial charge on any atom is -0.508 e. The first-order valence-corrected chi connectivity index (χ1v) is 8.50. The van der Waals surface area contributed by atoms with Crippen molar-refractivity contribution in [3.63, 3.8) is 0 Å². The fourth-order valence-electron chi connectivity index (χ4n) is 3.27. The van der Waals surface area contributed by atoms with Crippen molar-refractivity contribution >= 4 is 28.8 Å². The third-order valence-corrected chi connectivity index (χ3v) is 4.60. The lowest BCUT2D eigenvalue weighted by Gasteiger charge is -2.11. The summed E-state index contributed by atoms with van der Waals surface area (Å²) in [5.41, 5.74) is 4.15. The van der Waals surface area contributed by atoms with Gasteiger partial charge in [-0.1, -0.05) is 21.9 Å². The number of halogens is 1. The standard InChI is InChI=1S/C19H15ClN4O3/c1-10-17(11(2)27-23-10)18-15(9-21-26)14-7-8-16(20)22-19(14)24(18)12-3-5-13(25)6-4-12/h3-9,25-26H,1-2H3/b21-9+. The molecule has 3 aromatic heterocycles. The Kier molecular flexibility index (Phi) is 4.08. The highest BCUT2D eigenvalue weighted by Gasteiger charge is 2.25. The van der Waals surface area contributed by atoms with Crippen molar-refractivity contribution in [1.29, 1.82) is 0 Å². The highest BCUT2D eigenvalue weighted by molar-refractivity contribution is 6.30. The topological polar surface area (TPSA) is 96.7 Å². The van der Waals surface area contributed by atoms with E-state index in [1.54, 1.807) is 30.3 Å². The fourth-order valence-corrected chi connectivity index (χ4v) is 3.41. The second-order valence-corrected chi connectivity index (χ2v) is 6.45. The van der Waals surface area contributed by atoms with Crippen molar-refractivity contribution in [2.75, 3.05) is 0 Å². The molecule has 0 atom stereocenters. The van der Waals surface area contributed by atoms with Crippen molar-refractivity contribution in [3.05, 3.63) is 58.6 Å². The number of rotatable bonds is 3. The van der Waals surface area contributed by atoms with E-state index < -0.39 is 0 Å². The van der Waals surface area contributed by atoms with E-state index in [0.717, 1.165) is 16.6 Å². The average molecular weight is 383 g/mol. The molecule has 0 aliphatic heterocycles. The molecular weight excluding hydrogens is 368 g/mol. The maximum absolute atomic E-state index is 9.67. The van der Waals surface area contributed by atoms with Crippen molar-refractivity contribution in [1.82, 2.24) is 14.7 Å².